The lowest BCUT2D eigenvalue weighted by atomic mass is 9.94. The van der Waals surface area contributed by atoms with Gasteiger partial charge in [0.2, 0.25) is 0 Å². The largest absolute Gasteiger partial charge is 0.342 e. The number of nitrogens with zero attached hydrogens (tertiary/aromatic N) is 1. The second-order valence-corrected chi connectivity index (χ2v) is 6.03. The molecule has 106 valence electrons. The standard InChI is InChI=1S/C15H17Cl2N3/c16-12-3-1-2-11(15(12)17)13-9-19-14(20-13)8-10-4-6-18-7-5-10/h1-3,9-10,18H,4-8H2,(H,19,20). The molecule has 2 heterocycles. The minimum atomic E-state index is 0.568. The first-order valence-corrected chi connectivity index (χ1v) is 7.68. The summed E-state index contributed by atoms with van der Waals surface area (Å²) in [5.74, 6) is 1.74. The van der Waals surface area contributed by atoms with E-state index < -0.39 is 0 Å². The molecule has 20 heavy (non-hydrogen) atoms. The Hall–Kier alpha value is -1.03. The molecule has 1 aromatic heterocycles. The average molecular weight is 310 g/mol. The lowest BCUT2D eigenvalue weighted by molar-refractivity contribution is 0.368. The van der Waals surface area contributed by atoms with Gasteiger partial charge < -0.3 is 10.3 Å². The number of hydrogen-bond acceptors (Lipinski definition) is 2. The van der Waals surface area contributed by atoms with Crippen molar-refractivity contribution in [3.8, 4) is 11.3 Å². The maximum absolute atomic E-state index is 6.24. The highest BCUT2D eigenvalue weighted by atomic mass is 35.5. The van der Waals surface area contributed by atoms with Crippen LogP contribution in [0, 0.1) is 5.92 Å². The summed E-state index contributed by atoms with van der Waals surface area (Å²) in [6.45, 7) is 2.22. The molecule has 0 unspecified atom stereocenters. The third kappa shape index (κ3) is 3.00. The number of piperidine rings is 1. The van der Waals surface area contributed by atoms with Crippen LogP contribution in [0.15, 0.2) is 24.4 Å². The number of H-pyrrole nitrogens is 1. The van der Waals surface area contributed by atoms with E-state index in [1.54, 1.807) is 6.07 Å². The van der Waals surface area contributed by atoms with E-state index in [1.807, 2.05) is 18.3 Å². The first-order chi connectivity index (χ1) is 9.74. The van der Waals surface area contributed by atoms with Crippen molar-refractivity contribution in [3.63, 3.8) is 0 Å². The number of aromatic nitrogens is 2. The number of imidazole rings is 1. The van der Waals surface area contributed by atoms with Gasteiger partial charge in [-0.25, -0.2) is 4.98 Å². The molecule has 2 aromatic rings. The van der Waals surface area contributed by atoms with Crippen molar-refractivity contribution < 1.29 is 0 Å². The fourth-order valence-corrected chi connectivity index (χ4v) is 3.08. The van der Waals surface area contributed by atoms with Gasteiger partial charge in [-0.15, -0.1) is 0 Å². The van der Waals surface area contributed by atoms with Gasteiger partial charge in [-0.2, -0.15) is 0 Å². The second-order valence-electron chi connectivity index (χ2n) is 5.24. The number of benzene rings is 1. The molecule has 1 fully saturated rings. The summed E-state index contributed by atoms with van der Waals surface area (Å²) in [5.41, 5.74) is 1.84. The van der Waals surface area contributed by atoms with E-state index in [-0.39, 0.29) is 0 Å². The van der Waals surface area contributed by atoms with Crippen molar-refractivity contribution in [2.24, 2.45) is 5.92 Å². The average Bonchev–Trinajstić information content (AvgIpc) is 2.91. The molecule has 3 rings (SSSR count). The molecule has 0 atom stereocenters. The second kappa shape index (κ2) is 6.17. The summed E-state index contributed by atoms with van der Waals surface area (Å²) >= 11 is 12.3. The Labute approximate surface area is 128 Å². The highest BCUT2D eigenvalue weighted by Gasteiger charge is 2.16. The molecule has 2 N–H and O–H groups in total. The van der Waals surface area contributed by atoms with E-state index in [0.29, 0.717) is 16.0 Å². The third-order valence-electron chi connectivity index (χ3n) is 3.81. The van der Waals surface area contributed by atoms with Crippen molar-refractivity contribution in [1.82, 2.24) is 15.3 Å². The van der Waals surface area contributed by atoms with E-state index in [9.17, 15) is 0 Å². The van der Waals surface area contributed by atoms with Crippen LogP contribution < -0.4 is 5.32 Å². The molecule has 0 radical (unpaired) electrons. The van der Waals surface area contributed by atoms with Crippen LogP contribution in [-0.2, 0) is 6.42 Å². The molecule has 1 aromatic carbocycles. The Kier molecular flexibility index (Phi) is 4.29. The summed E-state index contributed by atoms with van der Waals surface area (Å²) in [5, 5.41) is 4.53. The van der Waals surface area contributed by atoms with Gasteiger partial charge in [-0.3, -0.25) is 0 Å². The molecule has 0 bridgehead atoms. The van der Waals surface area contributed by atoms with E-state index >= 15 is 0 Å². The Morgan fingerprint density at radius 3 is 2.80 bits per heavy atom. The molecule has 1 aliphatic rings. The predicted molar refractivity (Wildman–Crippen MR) is 83.3 cm³/mol. The first-order valence-electron chi connectivity index (χ1n) is 6.93. The van der Waals surface area contributed by atoms with Gasteiger partial charge in [-0.05, 0) is 37.9 Å². The number of nitrogens with one attached hydrogen (secondary N) is 2. The van der Waals surface area contributed by atoms with Crippen molar-refractivity contribution in [3.05, 3.63) is 40.3 Å². The van der Waals surface area contributed by atoms with Crippen LogP contribution in [0.2, 0.25) is 10.0 Å². The summed E-state index contributed by atoms with van der Waals surface area (Å²) in [7, 11) is 0. The molecule has 0 aliphatic carbocycles. The lowest BCUT2D eigenvalue weighted by Gasteiger charge is -2.21. The van der Waals surface area contributed by atoms with Crippen molar-refractivity contribution in [2.45, 2.75) is 19.3 Å². The lowest BCUT2D eigenvalue weighted by Crippen LogP contribution is -2.28. The molecule has 0 saturated carbocycles. The molecule has 0 spiro atoms. The number of rotatable bonds is 3. The molecule has 1 aliphatic heterocycles. The fourth-order valence-electron chi connectivity index (χ4n) is 2.67. The molecule has 1 saturated heterocycles. The van der Waals surface area contributed by atoms with Crippen molar-refractivity contribution >= 4 is 23.2 Å². The number of aromatic amines is 1. The topological polar surface area (TPSA) is 40.7 Å². The first kappa shape index (κ1) is 13.9. The predicted octanol–water partition coefficient (Wildman–Crippen LogP) is 3.93. The van der Waals surface area contributed by atoms with Gasteiger partial charge in [0.15, 0.2) is 0 Å². The van der Waals surface area contributed by atoms with E-state index in [2.05, 4.69) is 15.3 Å². The third-order valence-corrected chi connectivity index (χ3v) is 4.63. The summed E-state index contributed by atoms with van der Waals surface area (Å²) in [6, 6.07) is 5.65. The SMILES string of the molecule is Clc1cccc(-c2cnc(CC3CCNCC3)[nH]2)c1Cl. The van der Waals surface area contributed by atoms with Gasteiger partial charge >= 0.3 is 0 Å². The Bertz CT molecular complexity index is 589. The molecule has 3 nitrogen and oxygen atoms in total. The molecular formula is C15H17Cl2N3. The smallest absolute Gasteiger partial charge is 0.106 e. The van der Waals surface area contributed by atoms with E-state index in [4.69, 9.17) is 23.2 Å². The van der Waals surface area contributed by atoms with Gasteiger partial charge in [0.1, 0.15) is 5.82 Å². The van der Waals surface area contributed by atoms with E-state index in [1.165, 1.54) is 12.8 Å². The zero-order valence-corrected chi connectivity index (χ0v) is 12.6. The minimum Gasteiger partial charge on any atom is -0.342 e. The minimum absolute atomic E-state index is 0.568. The number of halogens is 2. The fraction of sp³-hybridized carbons (Fsp3) is 0.400. The van der Waals surface area contributed by atoms with Crippen LogP contribution in [0.25, 0.3) is 11.3 Å². The van der Waals surface area contributed by atoms with Crippen LogP contribution in [0.5, 0.6) is 0 Å². The van der Waals surface area contributed by atoms with Gasteiger partial charge in [0, 0.05) is 12.0 Å². The molecule has 5 heteroatoms. The monoisotopic (exact) mass is 309 g/mol. The Balaban J connectivity index is 1.77. The number of hydrogen-bond donors (Lipinski definition) is 2. The molecule has 0 amide bonds. The van der Waals surface area contributed by atoms with Gasteiger partial charge in [0.05, 0.1) is 21.9 Å². The van der Waals surface area contributed by atoms with Crippen LogP contribution in [0.3, 0.4) is 0 Å². The quantitative estimate of drug-likeness (QED) is 0.902. The van der Waals surface area contributed by atoms with Crippen molar-refractivity contribution in [2.75, 3.05) is 13.1 Å². The highest BCUT2D eigenvalue weighted by molar-refractivity contribution is 6.43. The van der Waals surface area contributed by atoms with Crippen LogP contribution >= 0.6 is 23.2 Å². The van der Waals surface area contributed by atoms with Crippen molar-refractivity contribution in [1.29, 1.82) is 0 Å². The van der Waals surface area contributed by atoms with Crippen LogP contribution in [0.4, 0.5) is 0 Å². The van der Waals surface area contributed by atoms with Crippen LogP contribution in [-0.4, -0.2) is 23.1 Å². The highest BCUT2D eigenvalue weighted by Crippen LogP contribution is 2.32. The zero-order valence-electron chi connectivity index (χ0n) is 11.1. The summed E-state index contributed by atoms with van der Waals surface area (Å²) < 4.78 is 0. The Morgan fingerprint density at radius 2 is 2.00 bits per heavy atom. The van der Waals surface area contributed by atoms with Gasteiger partial charge in [-0.1, -0.05) is 35.3 Å². The Morgan fingerprint density at radius 1 is 1.20 bits per heavy atom. The molecular weight excluding hydrogens is 293 g/mol. The maximum atomic E-state index is 6.24. The van der Waals surface area contributed by atoms with Gasteiger partial charge in [0.25, 0.3) is 0 Å². The van der Waals surface area contributed by atoms with Crippen LogP contribution in [0.1, 0.15) is 18.7 Å². The zero-order chi connectivity index (χ0) is 13.9. The normalized spacial score (nSPS) is 16.5. The summed E-state index contributed by atoms with van der Waals surface area (Å²) in [4.78, 5) is 7.85. The maximum Gasteiger partial charge on any atom is 0.106 e. The summed E-state index contributed by atoms with van der Waals surface area (Å²) in [6.07, 6.45) is 5.27. The van der Waals surface area contributed by atoms with E-state index in [0.717, 1.165) is 36.6 Å².